The molecule has 1 aliphatic rings. The number of nitrogens with two attached hydrogens (primary N) is 1. The van der Waals surface area contributed by atoms with Crippen LogP contribution in [0, 0.1) is 11.5 Å². The number of halogens is 4. The summed E-state index contributed by atoms with van der Waals surface area (Å²) in [4.78, 5) is 13.1. The lowest BCUT2D eigenvalue weighted by molar-refractivity contribution is -0.199. The first-order valence-electron chi connectivity index (χ1n) is 6.20. The molecular weight excluding hydrogens is 321 g/mol. The Morgan fingerprint density at radius 1 is 1.27 bits per heavy atom. The summed E-state index contributed by atoms with van der Waals surface area (Å²) < 4.78 is 40.1. The van der Waals surface area contributed by atoms with Gasteiger partial charge in [-0.15, -0.1) is 12.4 Å². The van der Waals surface area contributed by atoms with E-state index in [2.05, 4.69) is 0 Å². The molecule has 1 aromatic rings. The number of nitrogens with zero attached hydrogens (tertiary/aromatic N) is 3. The molecule has 1 fully saturated rings. The van der Waals surface area contributed by atoms with Gasteiger partial charge in [-0.3, -0.25) is 4.90 Å². The number of amides is 2. The number of nitriles is 1. The lowest BCUT2D eigenvalue weighted by Gasteiger charge is -2.45. The third kappa shape index (κ3) is 3.36. The van der Waals surface area contributed by atoms with E-state index in [0.717, 1.165) is 4.90 Å². The number of rotatable bonds is 1. The molecule has 0 saturated carbocycles. The first-order valence-corrected chi connectivity index (χ1v) is 6.20. The van der Waals surface area contributed by atoms with Crippen molar-refractivity contribution in [2.45, 2.75) is 18.3 Å². The predicted octanol–water partition coefficient (Wildman–Crippen LogP) is 2.26. The first kappa shape index (κ1) is 17.9. The second kappa shape index (κ2) is 6.75. The molecule has 2 amide bonds. The minimum Gasteiger partial charge on any atom is -0.351 e. The van der Waals surface area contributed by atoms with Gasteiger partial charge in [0.1, 0.15) is 0 Å². The summed E-state index contributed by atoms with van der Waals surface area (Å²) in [5, 5.41) is 8.96. The van der Waals surface area contributed by atoms with Crippen LogP contribution in [0.25, 0.3) is 0 Å². The van der Waals surface area contributed by atoms with Gasteiger partial charge in [0.2, 0.25) is 0 Å². The summed E-state index contributed by atoms with van der Waals surface area (Å²) in [6, 6.07) is 3.41. The highest BCUT2D eigenvalue weighted by atomic mass is 35.5. The second-order valence-electron chi connectivity index (χ2n) is 4.67. The molecular formula is C13H14ClF3N4O. The number of benzene rings is 1. The van der Waals surface area contributed by atoms with E-state index < -0.39 is 24.3 Å². The number of piperazine rings is 1. The summed E-state index contributed by atoms with van der Waals surface area (Å²) in [6.45, 7) is -0.234. The molecule has 1 saturated heterocycles. The van der Waals surface area contributed by atoms with Crippen molar-refractivity contribution in [2.24, 2.45) is 5.73 Å². The molecule has 0 radical (unpaired) electrons. The van der Waals surface area contributed by atoms with Crippen molar-refractivity contribution in [2.75, 3.05) is 13.1 Å². The molecule has 0 bridgehead atoms. The van der Waals surface area contributed by atoms with Gasteiger partial charge in [0.25, 0.3) is 0 Å². The van der Waals surface area contributed by atoms with Crippen molar-refractivity contribution in [3.05, 3.63) is 35.9 Å². The third-order valence-corrected chi connectivity index (χ3v) is 3.44. The molecule has 5 nitrogen and oxygen atoms in total. The van der Waals surface area contributed by atoms with Gasteiger partial charge in [0.05, 0.1) is 6.04 Å². The standard InChI is InChI=1S/C13H13F3N4O.ClH/c14-13(15,16)11-10(9-4-2-1-3-5-9)20(12(18)21)7-6-19(11)8-17;/h1-5,10-11H,6-7H2,(H2,18,21);1H. The highest BCUT2D eigenvalue weighted by molar-refractivity contribution is 5.85. The van der Waals surface area contributed by atoms with Crippen molar-refractivity contribution in [3.8, 4) is 6.19 Å². The lowest BCUT2D eigenvalue weighted by Crippen LogP contribution is -2.61. The first-order chi connectivity index (χ1) is 9.86. The van der Waals surface area contributed by atoms with Gasteiger partial charge in [-0.2, -0.15) is 18.4 Å². The fourth-order valence-corrected chi connectivity index (χ4v) is 2.56. The van der Waals surface area contributed by atoms with Crippen LogP contribution in [0.2, 0.25) is 0 Å². The van der Waals surface area contributed by atoms with Crippen LogP contribution in [0.4, 0.5) is 18.0 Å². The van der Waals surface area contributed by atoms with Crippen LogP contribution in [0.1, 0.15) is 11.6 Å². The Hall–Kier alpha value is -2.14. The maximum atomic E-state index is 13.4. The number of carbonyl (C=O) groups excluding carboxylic acids is 1. The Kier molecular flexibility index (Phi) is 5.49. The molecule has 9 heteroatoms. The monoisotopic (exact) mass is 334 g/mol. The predicted molar refractivity (Wildman–Crippen MR) is 74.9 cm³/mol. The highest BCUT2D eigenvalue weighted by Crippen LogP contribution is 2.39. The Bertz CT molecular complexity index is 561. The second-order valence-corrected chi connectivity index (χ2v) is 4.67. The molecule has 2 atom stereocenters. The Morgan fingerprint density at radius 3 is 2.32 bits per heavy atom. The zero-order valence-electron chi connectivity index (χ0n) is 11.3. The van der Waals surface area contributed by atoms with E-state index in [0.29, 0.717) is 10.5 Å². The molecule has 22 heavy (non-hydrogen) atoms. The zero-order chi connectivity index (χ0) is 15.6. The van der Waals surface area contributed by atoms with Crippen molar-refractivity contribution in [1.82, 2.24) is 9.80 Å². The minimum absolute atomic E-state index is 0. The Balaban J connectivity index is 0.00000242. The van der Waals surface area contributed by atoms with Crippen LogP contribution < -0.4 is 5.73 Å². The number of hydrogen-bond acceptors (Lipinski definition) is 3. The van der Waals surface area contributed by atoms with Crippen LogP contribution >= 0.6 is 12.4 Å². The SMILES string of the molecule is Cl.N#CN1CCN(C(N)=O)C(c2ccccc2)C1C(F)(F)F. The van der Waals surface area contributed by atoms with E-state index in [1.807, 2.05) is 0 Å². The molecule has 1 heterocycles. The fraction of sp³-hybridized carbons (Fsp3) is 0.385. The Morgan fingerprint density at radius 2 is 1.86 bits per heavy atom. The van der Waals surface area contributed by atoms with Crippen LogP contribution in [0.3, 0.4) is 0 Å². The van der Waals surface area contributed by atoms with Crippen LogP contribution in [0.5, 0.6) is 0 Å². The zero-order valence-corrected chi connectivity index (χ0v) is 12.1. The minimum atomic E-state index is -4.66. The van der Waals surface area contributed by atoms with Crippen LogP contribution in [-0.2, 0) is 0 Å². The molecule has 2 rings (SSSR count). The summed E-state index contributed by atoms with van der Waals surface area (Å²) in [5.74, 6) is 0. The van der Waals surface area contributed by atoms with Crippen molar-refractivity contribution < 1.29 is 18.0 Å². The number of alkyl halides is 3. The van der Waals surface area contributed by atoms with E-state index in [1.54, 1.807) is 24.4 Å². The molecule has 0 spiro atoms. The third-order valence-electron chi connectivity index (χ3n) is 3.44. The van der Waals surface area contributed by atoms with E-state index in [9.17, 15) is 18.0 Å². The molecule has 120 valence electrons. The fourth-order valence-electron chi connectivity index (χ4n) is 2.56. The van der Waals surface area contributed by atoms with Gasteiger partial charge in [0.15, 0.2) is 12.2 Å². The maximum absolute atomic E-state index is 13.4. The van der Waals surface area contributed by atoms with Crippen LogP contribution in [-0.4, -0.2) is 41.1 Å². The van der Waals surface area contributed by atoms with Gasteiger partial charge < -0.3 is 10.6 Å². The van der Waals surface area contributed by atoms with Gasteiger partial charge >= 0.3 is 12.2 Å². The van der Waals surface area contributed by atoms with Gasteiger partial charge in [-0.1, -0.05) is 30.3 Å². The number of carbonyl (C=O) groups is 1. The van der Waals surface area contributed by atoms with Gasteiger partial charge in [-0.25, -0.2) is 4.79 Å². The quantitative estimate of drug-likeness (QED) is 0.801. The Labute approximate surface area is 131 Å². The van der Waals surface area contributed by atoms with E-state index in [1.165, 1.54) is 12.1 Å². The summed E-state index contributed by atoms with van der Waals surface area (Å²) in [7, 11) is 0. The van der Waals surface area contributed by atoms with E-state index >= 15 is 0 Å². The van der Waals surface area contributed by atoms with Gasteiger partial charge in [0, 0.05) is 13.1 Å². The average molecular weight is 335 g/mol. The smallest absolute Gasteiger partial charge is 0.351 e. The normalized spacial score (nSPS) is 21.7. The number of urea groups is 1. The topological polar surface area (TPSA) is 73.4 Å². The lowest BCUT2D eigenvalue weighted by atomic mass is 9.94. The molecule has 1 aliphatic heterocycles. The molecule has 2 unspecified atom stereocenters. The molecule has 0 aromatic heterocycles. The maximum Gasteiger partial charge on any atom is 0.411 e. The number of hydrogen-bond donors (Lipinski definition) is 1. The van der Waals surface area contributed by atoms with E-state index in [4.69, 9.17) is 11.0 Å². The average Bonchev–Trinajstić information content (AvgIpc) is 2.45. The van der Waals surface area contributed by atoms with Crippen molar-refractivity contribution in [1.29, 1.82) is 5.26 Å². The van der Waals surface area contributed by atoms with Crippen LogP contribution in [0.15, 0.2) is 30.3 Å². The van der Waals surface area contributed by atoms with E-state index in [-0.39, 0.29) is 25.5 Å². The summed E-state index contributed by atoms with van der Waals surface area (Å²) in [6.07, 6.45) is -3.11. The van der Waals surface area contributed by atoms with Crippen molar-refractivity contribution >= 4 is 18.4 Å². The molecule has 0 aliphatic carbocycles. The largest absolute Gasteiger partial charge is 0.411 e. The molecule has 2 N–H and O–H groups in total. The summed E-state index contributed by atoms with van der Waals surface area (Å²) in [5.41, 5.74) is 5.50. The molecule has 1 aromatic carbocycles. The van der Waals surface area contributed by atoms with Crippen molar-refractivity contribution in [3.63, 3.8) is 0 Å². The van der Waals surface area contributed by atoms with Gasteiger partial charge in [-0.05, 0) is 5.56 Å². The summed E-state index contributed by atoms with van der Waals surface area (Å²) >= 11 is 0. The highest BCUT2D eigenvalue weighted by Gasteiger charge is 2.53. The number of primary amides is 1.